The van der Waals surface area contributed by atoms with Crippen molar-refractivity contribution in [3.05, 3.63) is 39.8 Å². The largest absolute Gasteiger partial charge is 0.495 e. The Morgan fingerprint density at radius 3 is 2.89 bits per heavy atom. The molecule has 0 saturated carbocycles. The van der Waals surface area contributed by atoms with Crippen molar-refractivity contribution in [2.24, 2.45) is 4.99 Å². The second kappa shape index (κ2) is 9.78. The van der Waals surface area contributed by atoms with Crippen LogP contribution in [0.4, 0.5) is 5.69 Å². The van der Waals surface area contributed by atoms with Crippen molar-refractivity contribution >= 4 is 23.0 Å². The molecule has 6 nitrogen and oxygen atoms in total. The first-order valence-corrected chi connectivity index (χ1v) is 10.8. The fourth-order valence-electron chi connectivity index (χ4n) is 3.59. The average Bonchev–Trinajstić information content (AvgIpc) is 3.03. The molecule has 1 atom stereocenters. The van der Waals surface area contributed by atoms with Crippen molar-refractivity contribution < 1.29 is 4.74 Å². The molecular weight excluding hydrogens is 370 g/mol. The highest BCUT2D eigenvalue weighted by molar-refractivity contribution is 7.11. The van der Waals surface area contributed by atoms with Crippen LogP contribution in [-0.4, -0.2) is 43.7 Å². The maximum atomic E-state index is 5.55. The lowest BCUT2D eigenvalue weighted by Crippen LogP contribution is -2.51. The van der Waals surface area contributed by atoms with Gasteiger partial charge in [0.1, 0.15) is 5.75 Å². The summed E-state index contributed by atoms with van der Waals surface area (Å²) in [6, 6.07) is 8.59. The Kier molecular flexibility index (Phi) is 7.14. The summed E-state index contributed by atoms with van der Waals surface area (Å²) < 4.78 is 5.55. The number of hydrogen-bond donors (Lipinski definition) is 2. The number of rotatable bonds is 6. The van der Waals surface area contributed by atoms with Crippen molar-refractivity contribution in [3.8, 4) is 5.75 Å². The number of thiazole rings is 1. The molecule has 28 heavy (non-hydrogen) atoms. The summed E-state index contributed by atoms with van der Waals surface area (Å²) in [6.45, 7) is 9.69. The molecule has 0 amide bonds. The molecule has 2 N–H and O–H groups in total. The van der Waals surface area contributed by atoms with E-state index >= 15 is 0 Å². The van der Waals surface area contributed by atoms with Gasteiger partial charge in [-0.3, -0.25) is 0 Å². The predicted molar refractivity (Wildman–Crippen MR) is 118 cm³/mol. The van der Waals surface area contributed by atoms with E-state index in [2.05, 4.69) is 46.5 Å². The second-order valence-corrected chi connectivity index (χ2v) is 8.33. The van der Waals surface area contributed by atoms with E-state index in [9.17, 15) is 0 Å². The summed E-state index contributed by atoms with van der Waals surface area (Å²) in [5.41, 5.74) is 2.25. The Hall–Kier alpha value is -2.28. The van der Waals surface area contributed by atoms with Gasteiger partial charge in [-0.1, -0.05) is 12.1 Å². The van der Waals surface area contributed by atoms with Gasteiger partial charge in [0.2, 0.25) is 0 Å². The van der Waals surface area contributed by atoms with Crippen molar-refractivity contribution in [3.63, 3.8) is 0 Å². The summed E-state index contributed by atoms with van der Waals surface area (Å²) in [4.78, 5) is 12.9. The lowest BCUT2D eigenvalue weighted by atomic mass is 10.0. The fourth-order valence-corrected chi connectivity index (χ4v) is 4.45. The van der Waals surface area contributed by atoms with Gasteiger partial charge in [-0.2, -0.15) is 0 Å². The van der Waals surface area contributed by atoms with E-state index < -0.39 is 0 Å². The van der Waals surface area contributed by atoms with Gasteiger partial charge in [0.15, 0.2) is 5.96 Å². The minimum Gasteiger partial charge on any atom is -0.495 e. The number of aromatic nitrogens is 1. The van der Waals surface area contributed by atoms with E-state index in [-0.39, 0.29) is 0 Å². The third-order valence-electron chi connectivity index (χ3n) is 4.91. The molecule has 1 fully saturated rings. The highest BCUT2D eigenvalue weighted by Crippen LogP contribution is 2.29. The van der Waals surface area contributed by atoms with Gasteiger partial charge in [-0.25, -0.2) is 9.98 Å². The molecular formula is C21H31N5OS. The number of anilines is 1. The topological polar surface area (TPSA) is 61.8 Å². The summed E-state index contributed by atoms with van der Waals surface area (Å²) in [6.07, 6.45) is 2.27. The van der Waals surface area contributed by atoms with E-state index in [1.165, 1.54) is 4.88 Å². The number of nitrogens with zero attached hydrogens (tertiary/aromatic N) is 3. The molecule has 152 valence electrons. The number of methoxy groups -OCH3 is 1. The first-order valence-electron chi connectivity index (χ1n) is 9.96. The normalized spacial score (nSPS) is 17.5. The van der Waals surface area contributed by atoms with Gasteiger partial charge in [0.25, 0.3) is 0 Å². The van der Waals surface area contributed by atoms with Crippen LogP contribution in [-0.2, 0) is 6.54 Å². The van der Waals surface area contributed by atoms with Crippen LogP contribution >= 0.6 is 11.3 Å². The minimum absolute atomic E-state index is 0.348. The highest BCUT2D eigenvalue weighted by Gasteiger charge is 2.22. The smallest absolute Gasteiger partial charge is 0.191 e. The quantitative estimate of drug-likeness (QED) is 0.573. The molecule has 0 bridgehead atoms. The van der Waals surface area contributed by atoms with Gasteiger partial charge < -0.3 is 20.3 Å². The molecule has 0 radical (unpaired) electrons. The average molecular weight is 402 g/mol. The molecule has 7 heteroatoms. The van der Waals surface area contributed by atoms with Gasteiger partial charge in [0, 0.05) is 30.6 Å². The van der Waals surface area contributed by atoms with E-state index in [1.807, 2.05) is 19.1 Å². The SMILES string of the molecule is CCNC(=NCc1sc(C)nc1C)NC1CCCN(c2ccccc2OC)C1. The van der Waals surface area contributed by atoms with Crippen LogP contribution in [0.1, 0.15) is 35.3 Å². The third kappa shape index (κ3) is 5.16. The van der Waals surface area contributed by atoms with E-state index in [4.69, 9.17) is 9.73 Å². The van der Waals surface area contributed by atoms with Crippen LogP contribution in [0.3, 0.4) is 0 Å². The summed E-state index contributed by atoms with van der Waals surface area (Å²) in [5.74, 6) is 1.81. The van der Waals surface area contributed by atoms with Gasteiger partial charge >= 0.3 is 0 Å². The van der Waals surface area contributed by atoms with Gasteiger partial charge in [0.05, 0.1) is 30.0 Å². The Bertz CT molecular complexity index is 804. The first kappa shape index (κ1) is 20.5. The summed E-state index contributed by atoms with van der Waals surface area (Å²) in [5, 5.41) is 8.11. The number of hydrogen-bond acceptors (Lipinski definition) is 5. The maximum Gasteiger partial charge on any atom is 0.191 e. The molecule has 0 aliphatic carbocycles. The van der Waals surface area contributed by atoms with Crippen LogP contribution in [0.15, 0.2) is 29.3 Å². The standard InChI is InChI=1S/C21H31N5OS/c1-5-22-21(23-13-20-15(2)24-16(3)28-20)25-17-9-8-12-26(14-17)18-10-6-7-11-19(18)27-4/h6-7,10-11,17H,5,8-9,12-14H2,1-4H3,(H2,22,23,25). The fraction of sp³-hybridized carbons (Fsp3) is 0.524. The third-order valence-corrected chi connectivity index (χ3v) is 5.97. The number of nitrogens with one attached hydrogen (secondary N) is 2. The van der Waals surface area contributed by atoms with Gasteiger partial charge in [-0.05, 0) is 45.7 Å². The molecule has 1 unspecified atom stereocenters. The zero-order valence-electron chi connectivity index (χ0n) is 17.3. The summed E-state index contributed by atoms with van der Waals surface area (Å²) >= 11 is 1.73. The van der Waals surface area contributed by atoms with Crippen molar-refractivity contribution in [2.75, 3.05) is 31.6 Å². The molecule has 1 aliphatic rings. The van der Waals surface area contributed by atoms with E-state index in [0.29, 0.717) is 12.6 Å². The van der Waals surface area contributed by atoms with Crippen LogP contribution in [0.2, 0.25) is 0 Å². The van der Waals surface area contributed by atoms with Crippen molar-refractivity contribution in [1.29, 1.82) is 0 Å². The van der Waals surface area contributed by atoms with Crippen LogP contribution in [0.5, 0.6) is 5.75 Å². The number of aryl methyl sites for hydroxylation is 2. The predicted octanol–water partition coefficient (Wildman–Crippen LogP) is 3.49. The Morgan fingerprint density at radius 2 is 2.18 bits per heavy atom. The molecule has 3 rings (SSSR count). The number of benzene rings is 1. The van der Waals surface area contributed by atoms with E-state index in [0.717, 1.165) is 60.6 Å². The van der Waals surface area contributed by atoms with Crippen LogP contribution in [0.25, 0.3) is 0 Å². The van der Waals surface area contributed by atoms with Crippen molar-refractivity contribution in [1.82, 2.24) is 15.6 Å². The number of guanidine groups is 1. The maximum absolute atomic E-state index is 5.55. The molecule has 0 spiro atoms. The van der Waals surface area contributed by atoms with Gasteiger partial charge in [-0.15, -0.1) is 11.3 Å². The number of ether oxygens (including phenoxy) is 1. The summed E-state index contributed by atoms with van der Waals surface area (Å²) in [7, 11) is 1.73. The molecule has 2 aromatic rings. The first-order chi connectivity index (χ1) is 13.6. The molecule has 1 aliphatic heterocycles. The zero-order chi connectivity index (χ0) is 19.9. The van der Waals surface area contributed by atoms with Crippen LogP contribution in [0, 0.1) is 13.8 Å². The number of aliphatic imine (C=N–C) groups is 1. The second-order valence-electron chi connectivity index (χ2n) is 7.04. The Labute approximate surface area is 172 Å². The van der Waals surface area contributed by atoms with Crippen molar-refractivity contribution in [2.45, 2.75) is 46.2 Å². The zero-order valence-corrected chi connectivity index (χ0v) is 18.1. The molecule has 1 aromatic heterocycles. The Morgan fingerprint density at radius 1 is 1.36 bits per heavy atom. The number of piperidine rings is 1. The molecule has 2 heterocycles. The van der Waals surface area contributed by atoms with E-state index in [1.54, 1.807) is 18.4 Å². The monoisotopic (exact) mass is 401 g/mol. The van der Waals surface area contributed by atoms with Crippen LogP contribution < -0.4 is 20.3 Å². The lowest BCUT2D eigenvalue weighted by molar-refractivity contribution is 0.408. The molecule has 1 aromatic carbocycles. The number of para-hydroxylation sites is 2. The minimum atomic E-state index is 0.348. The highest BCUT2D eigenvalue weighted by atomic mass is 32.1. The Balaban J connectivity index is 1.67. The lowest BCUT2D eigenvalue weighted by Gasteiger charge is -2.36. The molecule has 1 saturated heterocycles.